The number of ether oxygens (including phenoxy) is 3. The average molecular weight is 556 g/mol. The third-order valence-corrected chi connectivity index (χ3v) is 7.53. The molecule has 4 aromatic rings. The minimum absolute atomic E-state index is 0.0372. The molecule has 0 N–H and O–H groups in total. The number of hydrogen-bond acceptors (Lipinski definition) is 6. The number of amides is 1. The number of hydrogen-bond donors (Lipinski definition) is 0. The quantitative estimate of drug-likeness (QED) is 0.230. The van der Waals surface area contributed by atoms with Crippen LogP contribution in [0.25, 0.3) is 28.0 Å². The van der Waals surface area contributed by atoms with Crippen LogP contribution in [0.2, 0.25) is 0 Å². The fourth-order valence-corrected chi connectivity index (χ4v) is 5.45. The van der Waals surface area contributed by atoms with Gasteiger partial charge in [-0.15, -0.1) is 0 Å². The van der Waals surface area contributed by atoms with Gasteiger partial charge in [-0.3, -0.25) is 9.59 Å². The molecule has 0 bridgehead atoms. The molecule has 2 aromatic carbocycles. The molecule has 214 valence electrons. The van der Waals surface area contributed by atoms with Crippen molar-refractivity contribution < 1.29 is 23.8 Å². The Balaban J connectivity index is 1.46. The summed E-state index contributed by atoms with van der Waals surface area (Å²) in [6.45, 7) is 5.80. The molecule has 8 heteroatoms. The van der Waals surface area contributed by atoms with E-state index in [2.05, 4.69) is 22.7 Å². The van der Waals surface area contributed by atoms with Gasteiger partial charge in [0.15, 0.2) is 0 Å². The molecule has 1 atom stereocenters. The molecule has 1 fully saturated rings. The minimum Gasteiger partial charge on any atom is -0.497 e. The van der Waals surface area contributed by atoms with E-state index in [9.17, 15) is 9.59 Å². The van der Waals surface area contributed by atoms with Crippen molar-refractivity contribution in [3.8, 4) is 33.9 Å². The molecule has 5 rings (SSSR count). The predicted molar refractivity (Wildman–Crippen MR) is 158 cm³/mol. The topological polar surface area (TPSA) is 82.4 Å². The molecule has 1 saturated heterocycles. The van der Waals surface area contributed by atoms with E-state index in [1.807, 2.05) is 60.4 Å². The van der Waals surface area contributed by atoms with Gasteiger partial charge in [0.2, 0.25) is 5.91 Å². The zero-order chi connectivity index (χ0) is 28.8. The first-order valence-corrected chi connectivity index (χ1v) is 14.3. The number of methoxy groups -OCH3 is 1. The second-order valence-electron chi connectivity index (χ2n) is 10.2. The molecule has 1 aliphatic heterocycles. The number of carbonyl (C=O) groups excluding carboxylic acids is 2. The minimum atomic E-state index is -0.256. The van der Waals surface area contributed by atoms with E-state index in [-0.39, 0.29) is 17.8 Å². The molecule has 2 aromatic heterocycles. The second kappa shape index (κ2) is 12.9. The molecule has 1 amide bonds. The number of aromatic nitrogens is 2. The lowest BCUT2D eigenvalue weighted by Crippen LogP contribution is -2.42. The van der Waals surface area contributed by atoms with Crippen molar-refractivity contribution in [3.63, 3.8) is 0 Å². The van der Waals surface area contributed by atoms with Crippen molar-refractivity contribution in [3.05, 3.63) is 72.6 Å². The molecule has 41 heavy (non-hydrogen) atoms. The van der Waals surface area contributed by atoms with Gasteiger partial charge in [-0.1, -0.05) is 12.1 Å². The highest BCUT2D eigenvalue weighted by molar-refractivity contribution is 5.79. The maximum Gasteiger partial charge on any atom is 0.310 e. The Labute approximate surface area is 240 Å². The number of pyridine rings is 1. The molecule has 1 aliphatic rings. The van der Waals surface area contributed by atoms with Crippen molar-refractivity contribution in [2.45, 2.75) is 39.5 Å². The smallest absolute Gasteiger partial charge is 0.310 e. The monoisotopic (exact) mass is 555 g/mol. The maximum absolute atomic E-state index is 13.4. The van der Waals surface area contributed by atoms with Gasteiger partial charge < -0.3 is 23.5 Å². The molecule has 0 unspecified atom stereocenters. The van der Waals surface area contributed by atoms with Crippen molar-refractivity contribution in [1.29, 1.82) is 0 Å². The van der Waals surface area contributed by atoms with Gasteiger partial charge in [0.25, 0.3) is 0 Å². The number of aryl methyl sites for hydroxylation is 1. The van der Waals surface area contributed by atoms with E-state index < -0.39 is 0 Å². The van der Waals surface area contributed by atoms with E-state index in [1.54, 1.807) is 14.0 Å². The van der Waals surface area contributed by atoms with E-state index in [4.69, 9.17) is 19.2 Å². The number of rotatable bonds is 10. The highest BCUT2D eigenvalue weighted by atomic mass is 16.5. The molecular formula is C33H37N3O5. The first-order valence-electron chi connectivity index (χ1n) is 14.3. The van der Waals surface area contributed by atoms with Gasteiger partial charge in [0.1, 0.15) is 17.1 Å². The number of piperidine rings is 1. The number of benzene rings is 2. The van der Waals surface area contributed by atoms with Gasteiger partial charge in [0.05, 0.1) is 37.6 Å². The summed E-state index contributed by atoms with van der Waals surface area (Å²) in [5.41, 5.74) is 5.63. The summed E-state index contributed by atoms with van der Waals surface area (Å²) < 4.78 is 18.4. The Hall–Kier alpha value is -4.33. The molecule has 0 radical (unpaired) electrons. The Morgan fingerprint density at radius 1 is 0.951 bits per heavy atom. The van der Waals surface area contributed by atoms with Crippen LogP contribution in [-0.4, -0.2) is 59.6 Å². The number of imidazole rings is 1. The highest BCUT2D eigenvalue weighted by Crippen LogP contribution is 2.31. The van der Waals surface area contributed by atoms with Crippen LogP contribution in [-0.2, 0) is 20.7 Å². The van der Waals surface area contributed by atoms with Crippen LogP contribution in [0.5, 0.6) is 11.5 Å². The molecule has 0 saturated carbocycles. The third-order valence-electron chi connectivity index (χ3n) is 7.53. The van der Waals surface area contributed by atoms with E-state index in [0.717, 1.165) is 58.1 Å². The zero-order valence-corrected chi connectivity index (χ0v) is 24.0. The fraction of sp³-hybridized carbons (Fsp3) is 0.364. The predicted octanol–water partition coefficient (Wildman–Crippen LogP) is 5.81. The summed E-state index contributed by atoms with van der Waals surface area (Å²) in [5.74, 6) is 1.16. The van der Waals surface area contributed by atoms with Crippen LogP contribution in [0.3, 0.4) is 0 Å². The van der Waals surface area contributed by atoms with E-state index in [1.165, 1.54) is 0 Å². The summed E-state index contributed by atoms with van der Waals surface area (Å²) in [7, 11) is 1.64. The third kappa shape index (κ3) is 6.37. The van der Waals surface area contributed by atoms with Crippen LogP contribution < -0.4 is 9.47 Å². The summed E-state index contributed by atoms with van der Waals surface area (Å²) in [6.07, 6.45) is 4.45. The van der Waals surface area contributed by atoms with Gasteiger partial charge in [-0.05, 0) is 92.8 Å². The van der Waals surface area contributed by atoms with Gasteiger partial charge >= 0.3 is 5.97 Å². The Bertz CT molecular complexity index is 1510. The number of esters is 1. The molecule has 3 heterocycles. The molecule has 0 aliphatic carbocycles. The van der Waals surface area contributed by atoms with E-state index in [0.29, 0.717) is 39.1 Å². The number of likely N-dealkylation sites (tertiary alicyclic amines) is 1. The van der Waals surface area contributed by atoms with Crippen LogP contribution in [0, 0.1) is 5.92 Å². The largest absolute Gasteiger partial charge is 0.497 e. The van der Waals surface area contributed by atoms with Crippen molar-refractivity contribution in [2.75, 3.05) is 33.4 Å². The molecule has 8 nitrogen and oxygen atoms in total. The number of nitrogens with zero attached hydrogens (tertiary/aromatic N) is 3. The summed E-state index contributed by atoms with van der Waals surface area (Å²) in [5, 5.41) is 0. The molecular weight excluding hydrogens is 518 g/mol. The van der Waals surface area contributed by atoms with Crippen molar-refractivity contribution >= 4 is 17.5 Å². The van der Waals surface area contributed by atoms with E-state index >= 15 is 0 Å². The lowest BCUT2D eigenvalue weighted by Gasteiger charge is -2.31. The maximum atomic E-state index is 13.4. The van der Waals surface area contributed by atoms with Gasteiger partial charge in [-0.2, -0.15) is 0 Å². The van der Waals surface area contributed by atoms with Crippen LogP contribution in [0.4, 0.5) is 0 Å². The Morgan fingerprint density at radius 3 is 2.51 bits per heavy atom. The summed E-state index contributed by atoms with van der Waals surface area (Å²) in [4.78, 5) is 32.5. The van der Waals surface area contributed by atoms with Crippen LogP contribution >= 0.6 is 0 Å². The van der Waals surface area contributed by atoms with Crippen LogP contribution in [0.1, 0.15) is 38.8 Å². The first-order chi connectivity index (χ1) is 20.0. The Kier molecular flexibility index (Phi) is 8.87. The van der Waals surface area contributed by atoms with Gasteiger partial charge in [0, 0.05) is 31.3 Å². The zero-order valence-electron chi connectivity index (χ0n) is 24.0. The number of carbonyl (C=O) groups is 2. The summed E-state index contributed by atoms with van der Waals surface area (Å²) in [6, 6.07) is 19.9. The second-order valence-corrected chi connectivity index (χ2v) is 10.2. The molecule has 0 spiro atoms. The lowest BCUT2D eigenvalue weighted by molar-refractivity contribution is -0.151. The highest BCUT2D eigenvalue weighted by Gasteiger charge is 2.29. The Morgan fingerprint density at radius 2 is 1.76 bits per heavy atom. The van der Waals surface area contributed by atoms with Gasteiger partial charge in [-0.25, -0.2) is 4.98 Å². The first kappa shape index (κ1) is 28.2. The number of fused-ring (bicyclic) bond motifs is 1. The summed E-state index contributed by atoms with van der Waals surface area (Å²) >= 11 is 0. The SMILES string of the molecule is CCOC(=O)[C@H]1CCCN(C(=O)CCc2c(-c3ccc(OC)cc3)nc3ccc(-c4cccc(OCC)c4)cn23)C1. The average Bonchev–Trinajstić information content (AvgIpc) is 3.38. The van der Waals surface area contributed by atoms with Crippen molar-refractivity contribution in [1.82, 2.24) is 14.3 Å². The van der Waals surface area contributed by atoms with Crippen molar-refractivity contribution in [2.24, 2.45) is 5.92 Å². The normalized spacial score (nSPS) is 15.1. The lowest BCUT2D eigenvalue weighted by atomic mass is 9.97. The standard InChI is InChI=1S/C33H37N3O5/c1-4-40-28-10-6-8-24(20-28)25-13-17-30-34-32(23-11-14-27(39-3)15-12-23)29(36(30)22-25)16-18-31(37)35-19-7-9-26(21-35)33(38)41-5-2/h6,8,10-15,17,20,22,26H,4-5,7,9,16,18-19,21H2,1-3H3/t26-/m0/s1. The fourth-order valence-electron chi connectivity index (χ4n) is 5.45. The van der Waals surface area contributed by atoms with Crippen LogP contribution in [0.15, 0.2) is 66.9 Å².